The van der Waals surface area contributed by atoms with Crippen LogP contribution in [0.3, 0.4) is 0 Å². The number of rotatable bonds is 5. The molecule has 0 spiro atoms. The van der Waals surface area contributed by atoms with Crippen LogP contribution in [0, 0.1) is 0 Å². The SMILES string of the molecule is CCc1ccc(CN2CCN(C[C@H](C)O)CC2)cn1. The zero-order chi connectivity index (χ0) is 13.7. The van der Waals surface area contributed by atoms with Crippen molar-refractivity contribution >= 4 is 0 Å². The first-order chi connectivity index (χ1) is 9.17. The van der Waals surface area contributed by atoms with Crippen LogP contribution in [-0.4, -0.2) is 58.7 Å². The molecule has 2 heterocycles. The van der Waals surface area contributed by atoms with Gasteiger partial charge in [0, 0.05) is 51.2 Å². The second-order valence-electron chi connectivity index (χ2n) is 5.44. The van der Waals surface area contributed by atoms with Crippen molar-refractivity contribution in [3.8, 4) is 0 Å². The fourth-order valence-electron chi connectivity index (χ4n) is 2.52. The summed E-state index contributed by atoms with van der Waals surface area (Å²) in [5.74, 6) is 0. The largest absolute Gasteiger partial charge is 0.392 e. The highest BCUT2D eigenvalue weighted by Crippen LogP contribution is 2.09. The number of pyridine rings is 1. The molecule has 1 aromatic heterocycles. The second kappa shape index (κ2) is 6.98. The number of piperazine rings is 1. The summed E-state index contributed by atoms with van der Waals surface area (Å²) in [6.45, 7) is 10.00. The second-order valence-corrected chi connectivity index (χ2v) is 5.44. The Kier molecular flexibility index (Phi) is 5.31. The smallest absolute Gasteiger partial charge is 0.0639 e. The van der Waals surface area contributed by atoms with Crippen molar-refractivity contribution in [3.63, 3.8) is 0 Å². The van der Waals surface area contributed by atoms with Gasteiger partial charge in [-0.3, -0.25) is 14.8 Å². The maximum Gasteiger partial charge on any atom is 0.0639 e. The first-order valence-electron chi connectivity index (χ1n) is 7.24. The predicted molar refractivity (Wildman–Crippen MR) is 77.0 cm³/mol. The molecule has 4 heteroatoms. The Morgan fingerprint density at radius 2 is 1.89 bits per heavy atom. The molecule has 1 aromatic rings. The maximum absolute atomic E-state index is 9.39. The molecular formula is C15H25N3O. The van der Waals surface area contributed by atoms with Crippen molar-refractivity contribution in [3.05, 3.63) is 29.6 Å². The number of nitrogens with zero attached hydrogens (tertiary/aromatic N) is 3. The highest BCUT2D eigenvalue weighted by atomic mass is 16.3. The molecule has 1 N–H and O–H groups in total. The van der Waals surface area contributed by atoms with Crippen LogP contribution in [0.2, 0.25) is 0 Å². The minimum absolute atomic E-state index is 0.225. The molecule has 106 valence electrons. The summed E-state index contributed by atoms with van der Waals surface area (Å²) in [4.78, 5) is 9.24. The van der Waals surface area contributed by atoms with E-state index < -0.39 is 0 Å². The molecule has 0 saturated carbocycles. The quantitative estimate of drug-likeness (QED) is 0.865. The van der Waals surface area contributed by atoms with Gasteiger partial charge in [0.15, 0.2) is 0 Å². The highest BCUT2D eigenvalue weighted by molar-refractivity contribution is 5.14. The highest BCUT2D eigenvalue weighted by Gasteiger charge is 2.17. The summed E-state index contributed by atoms with van der Waals surface area (Å²) in [5, 5.41) is 9.39. The van der Waals surface area contributed by atoms with Gasteiger partial charge in [0.2, 0.25) is 0 Å². The van der Waals surface area contributed by atoms with Gasteiger partial charge < -0.3 is 5.11 Å². The zero-order valence-corrected chi connectivity index (χ0v) is 12.0. The minimum atomic E-state index is -0.225. The van der Waals surface area contributed by atoms with Crippen molar-refractivity contribution in [2.75, 3.05) is 32.7 Å². The molecule has 0 radical (unpaired) electrons. The molecule has 2 rings (SSSR count). The van der Waals surface area contributed by atoms with Crippen LogP contribution in [0.15, 0.2) is 18.3 Å². The lowest BCUT2D eigenvalue weighted by Crippen LogP contribution is -2.47. The fraction of sp³-hybridized carbons (Fsp3) is 0.667. The van der Waals surface area contributed by atoms with Crippen LogP contribution in [0.1, 0.15) is 25.1 Å². The summed E-state index contributed by atoms with van der Waals surface area (Å²) < 4.78 is 0. The Morgan fingerprint density at radius 3 is 2.42 bits per heavy atom. The average molecular weight is 263 g/mol. The average Bonchev–Trinajstić information content (AvgIpc) is 2.41. The predicted octanol–water partition coefficient (Wildman–Crippen LogP) is 1.14. The third-order valence-electron chi connectivity index (χ3n) is 3.64. The van der Waals surface area contributed by atoms with E-state index in [-0.39, 0.29) is 6.10 Å². The molecule has 0 bridgehead atoms. The molecular weight excluding hydrogens is 238 g/mol. The van der Waals surface area contributed by atoms with E-state index in [0.29, 0.717) is 0 Å². The Morgan fingerprint density at radius 1 is 1.21 bits per heavy atom. The van der Waals surface area contributed by atoms with E-state index in [9.17, 15) is 5.11 Å². The molecule has 0 amide bonds. The van der Waals surface area contributed by atoms with Crippen LogP contribution < -0.4 is 0 Å². The van der Waals surface area contributed by atoms with Crippen LogP contribution in [0.25, 0.3) is 0 Å². The molecule has 0 aromatic carbocycles. The molecule has 1 aliphatic heterocycles. The normalized spacial score (nSPS) is 19.5. The molecule has 1 fully saturated rings. The summed E-state index contributed by atoms with van der Waals surface area (Å²) >= 11 is 0. The van der Waals surface area contributed by atoms with E-state index in [1.54, 1.807) is 0 Å². The van der Waals surface area contributed by atoms with Gasteiger partial charge in [-0.1, -0.05) is 13.0 Å². The van der Waals surface area contributed by atoms with Crippen molar-refractivity contribution in [1.82, 2.24) is 14.8 Å². The monoisotopic (exact) mass is 263 g/mol. The molecule has 0 unspecified atom stereocenters. The van der Waals surface area contributed by atoms with E-state index in [1.807, 2.05) is 13.1 Å². The Labute approximate surface area is 116 Å². The molecule has 1 atom stereocenters. The third-order valence-corrected chi connectivity index (χ3v) is 3.64. The van der Waals surface area contributed by atoms with Crippen molar-refractivity contribution in [2.24, 2.45) is 0 Å². The van der Waals surface area contributed by atoms with Crippen molar-refractivity contribution < 1.29 is 5.11 Å². The number of aryl methyl sites for hydroxylation is 1. The van der Waals surface area contributed by atoms with Crippen molar-refractivity contribution in [2.45, 2.75) is 32.9 Å². The Bertz CT molecular complexity index is 369. The third kappa shape index (κ3) is 4.56. The lowest BCUT2D eigenvalue weighted by Gasteiger charge is -2.35. The molecule has 0 aliphatic carbocycles. The summed E-state index contributed by atoms with van der Waals surface area (Å²) in [7, 11) is 0. The molecule has 1 aliphatic rings. The van der Waals surface area contributed by atoms with E-state index in [4.69, 9.17) is 0 Å². The number of hydrogen-bond acceptors (Lipinski definition) is 4. The number of aliphatic hydroxyl groups is 1. The topological polar surface area (TPSA) is 39.6 Å². The van der Waals surface area contributed by atoms with Gasteiger partial charge in [-0.2, -0.15) is 0 Å². The zero-order valence-electron chi connectivity index (χ0n) is 12.0. The number of aromatic nitrogens is 1. The van der Waals surface area contributed by atoms with Crippen LogP contribution in [-0.2, 0) is 13.0 Å². The molecule has 4 nitrogen and oxygen atoms in total. The summed E-state index contributed by atoms with van der Waals surface area (Å²) in [6, 6.07) is 4.31. The molecule has 1 saturated heterocycles. The molecule has 19 heavy (non-hydrogen) atoms. The van der Waals surface area contributed by atoms with Crippen molar-refractivity contribution in [1.29, 1.82) is 0 Å². The Hall–Kier alpha value is -0.970. The summed E-state index contributed by atoms with van der Waals surface area (Å²) in [5.41, 5.74) is 2.45. The fourth-order valence-corrected chi connectivity index (χ4v) is 2.52. The Balaban J connectivity index is 1.78. The van der Waals surface area contributed by atoms with Gasteiger partial charge in [-0.05, 0) is 25.0 Å². The van der Waals surface area contributed by atoms with Gasteiger partial charge in [-0.15, -0.1) is 0 Å². The summed E-state index contributed by atoms with van der Waals surface area (Å²) in [6.07, 6.45) is 2.77. The number of hydrogen-bond donors (Lipinski definition) is 1. The van der Waals surface area contributed by atoms with Crippen LogP contribution in [0.5, 0.6) is 0 Å². The minimum Gasteiger partial charge on any atom is -0.392 e. The van der Waals surface area contributed by atoms with E-state index >= 15 is 0 Å². The first kappa shape index (κ1) is 14.4. The number of aliphatic hydroxyl groups excluding tert-OH is 1. The number of β-amino-alcohol motifs (C(OH)–C–C–N with tert-alkyl or cyclic N) is 1. The standard InChI is InChI=1S/C15H25N3O/c1-3-15-5-4-14(10-16-15)12-18-8-6-17(7-9-18)11-13(2)19/h4-5,10,13,19H,3,6-9,11-12H2,1-2H3/t13-/m0/s1. The van der Waals surface area contributed by atoms with Gasteiger partial charge in [0.1, 0.15) is 0 Å². The lowest BCUT2D eigenvalue weighted by atomic mass is 10.2. The van der Waals surface area contributed by atoms with Gasteiger partial charge in [0.05, 0.1) is 6.10 Å². The van der Waals surface area contributed by atoms with Gasteiger partial charge >= 0.3 is 0 Å². The van der Waals surface area contributed by atoms with Crippen LogP contribution >= 0.6 is 0 Å². The van der Waals surface area contributed by atoms with Gasteiger partial charge in [-0.25, -0.2) is 0 Å². The van der Waals surface area contributed by atoms with Crippen LogP contribution in [0.4, 0.5) is 0 Å². The van der Waals surface area contributed by atoms with E-state index in [1.165, 1.54) is 5.56 Å². The van der Waals surface area contributed by atoms with Gasteiger partial charge in [0.25, 0.3) is 0 Å². The lowest BCUT2D eigenvalue weighted by molar-refractivity contribution is 0.0780. The first-order valence-corrected chi connectivity index (χ1v) is 7.24. The maximum atomic E-state index is 9.39. The van der Waals surface area contributed by atoms with E-state index in [2.05, 4.69) is 33.8 Å². The van der Waals surface area contributed by atoms with E-state index in [0.717, 1.165) is 51.4 Å².